The SMILES string of the molecule is CC(C)[Si](Oc1cc2cc3ccccc3cc2cc1-c1ccccc1)(C(C)C)C(C)C. The summed E-state index contributed by atoms with van der Waals surface area (Å²) in [6.45, 7) is 14.1. The molecule has 0 fully saturated rings. The average Bonchev–Trinajstić information content (AvgIpc) is 2.75. The second kappa shape index (κ2) is 8.51. The maximum atomic E-state index is 7.23. The Kier molecular flexibility index (Phi) is 5.94. The number of rotatable bonds is 6. The van der Waals surface area contributed by atoms with E-state index in [-0.39, 0.29) is 0 Å². The van der Waals surface area contributed by atoms with E-state index >= 15 is 0 Å². The van der Waals surface area contributed by atoms with E-state index in [0.717, 1.165) is 5.75 Å². The van der Waals surface area contributed by atoms with Gasteiger partial charge in [0.1, 0.15) is 5.75 Å². The molecule has 160 valence electrons. The molecule has 0 aliphatic carbocycles. The molecule has 4 aromatic carbocycles. The summed E-state index contributed by atoms with van der Waals surface area (Å²) < 4.78 is 7.23. The predicted molar refractivity (Wildman–Crippen MR) is 139 cm³/mol. The van der Waals surface area contributed by atoms with Gasteiger partial charge in [0.05, 0.1) is 0 Å². The van der Waals surface area contributed by atoms with Gasteiger partial charge in [0, 0.05) is 5.56 Å². The quantitative estimate of drug-likeness (QED) is 0.220. The third-order valence-electron chi connectivity index (χ3n) is 6.88. The van der Waals surface area contributed by atoms with Crippen molar-refractivity contribution in [1.82, 2.24) is 0 Å². The molecular weight excluding hydrogens is 392 g/mol. The minimum absolute atomic E-state index is 0.531. The molecule has 0 aliphatic rings. The van der Waals surface area contributed by atoms with Crippen LogP contribution >= 0.6 is 0 Å². The summed E-state index contributed by atoms with van der Waals surface area (Å²) in [6.07, 6.45) is 0. The van der Waals surface area contributed by atoms with Gasteiger partial charge in [-0.05, 0) is 68.0 Å². The molecule has 31 heavy (non-hydrogen) atoms. The first-order valence-electron chi connectivity index (χ1n) is 11.5. The largest absolute Gasteiger partial charge is 0.542 e. The Bertz CT molecular complexity index is 1170. The van der Waals surface area contributed by atoms with Crippen molar-refractivity contribution < 1.29 is 4.43 Å². The summed E-state index contributed by atoms with van der Waals surface area (Å²) in [5, 5.41) is 5.05. The van der Waals surface area contributed by atoms with Gasteiger partial charge < -0.3 is 4.43 Å². The van der Waals surface area contributed by atoms with Crippen molar-refractivity contribution in [2.75, 3.05) is 0 Å². The average molecular weight is 427 g/mol. The highest BCUT2D eigenvalue weighted by atomic mass is 28.4. The van der Waals surface area contributed by atoms with Gasteiger partial charge in [-0.3, -0.25) is 0 Å². The molecule has 2 heteroatoms. The Morgan fingerprint density at radius 1 is 0.548 bits per heavy atom. The van der Waals surface area contributed by atoms with Crippen LogP contribution in [0.15, 0.2) is 78.9 Å². The lowest BCUT2D eigenvalue weighted by Crippen LogP contribution is -2.50. The normalized spacial score (nSPS) is 12.4. The highest BCUT2D eigenvalue weighted by molar-refractivity contribution is 6.78. The highest BCUT2D eigenvalue weighted by Crippen LogP contribution is 2.46. The van der Waals surface area contributed by atoms with Gasteiger partial charge in [0.15, 0.2) is 0 Å². The molecule has 0 amide bonds. The lowest BCUT2D eigenvalue weighted by Gasteiger charge is -2.42. The van der Waals surface area contributed by atoms with Crippen LogP contribution in [0.2, 0.25) is 16.6 Å². The van der Waals surface area contributed by atoms with E-state index < -0.39 is 8.32 Å². The first kappa shape index (κ1) is 21.6. The molecule has 0 atom stereocenters. The van der Waals surface area contributed by atoms with Crippen LogP contribution < -0.4 is 4.43 Å². The van der Waals surface area contributed by atoms with Crippen LogP contribution in [0, 0.1) is 0 Å². The minimum atomic E-state index is -2.07. The predicted octanol–water partition coefficient (Wildman–Crippen LogP) is 9.21. The lowest BCUT2D eigenvalue weighted by atomic mass is 9.98. The molecule has 0 aliphatic heterocycles. The van der Waals surface area contributed by atoms with Gasteiger partial charge in [-0.2, -0.15) is 0 Å². The van der Waals surface area contributed by atoms with E-state index in [0.29, 0.717) is 16.6 Å². The Morgan fingerprint density at radius 3 is 1.55 bits per heavy atom. The molecule has 0 heterocycles. The van der Waals surface area contributed by atoms with Crippen LogP contribution in [0.5, 0.6) is 5.75 Å². The number of benzene rings is 4. The Balaban J connectivity index is 1.98. The van der Waals surface area contributed by atoms with Crippen molar-refractivity contribution >= 4 is 29.9 Å². The number of fused-ring (bicyclic) bond motifs is 2. The third kappa shape index (κ3) is 3.90. The van der Waals surface area contributed by atoms with Gasteiger partial charge >= 0.3 is 0 Å². The van der Waals surface area contributed by atoms with Crippen LogP contribution in [0.4, 0.5) is 0 Å². The topological polar surface area (TPSA) is 9.23 Å². The zero-order valence-corrected chi connectivity index (χ0v) is 20.6. The van der Waals surface area contributed by atoms with Gasteiger partial charge in [-0.25, -0.2) is 0 Å². The van der Waals surface area contributed by atoms with Crippen LogP contribution in [0.1, 0.15) is 41.5 Å². The van der Waals surface area contributed by atoms with Crippen LogP contribution in [-0.4, -0.2) is 8.32 Å². The van der Waals surface area contributed by atoms with E-state index in [4.69, 9.17) is 4.43 Å². The van der Waals surface area contributed by atoms with Crippen molar-refractivity contribution in [1.29, 1.82) is 0 Å². The van der Waals surface area contributed by atoms with Gasteiger partial charge in [0.25, 0.3) is 8.32 Å². The van der Waals surface area contributed by atoms with Crippen molar-refractivity contribution in [2.45, 2.75) is 58.2 Å². The van der Waals surface area contributed by atoms with Crippen LogP contribution in [-0.2, 0) is 0 Å². The molecule has 0 aromatic heterocycles. The molecule has 0 saturated carbocycles. The fraction of sp³-hybridized carbons (Fsp3) is 0.310. The van der Waals surface area contributed by atoms with E-state index in [1.807, 2.05) is 0 Å². The summed E-state index contributed by atoms with van der Waals surface area (Å²) in [5.74, 6) is 1.04. The Labute approximate surface area is 188 Å². The lowest BCUT2D eigenvalue weighted by molar-refractivity contribution is 0.482. The zero-order valence-electron chi connectivity index (χ0n) is 19.6. The Morgan fingerprint density at radius 2 is 1.03 bits per heavy atom. The zero-order chi connectivity index (χ0) is 22.2. The van der Waals surface area contributed by atoms with Crippen molar-refractivity contribution in [2.24, 2.45) is 0 Å². The molecule has 0 saturated heterocycles. The first-order valence-corrected chi connectivity index (χ1v) is 13.7. The van der Waals surface area contributed by atoms with Gasteiger partial charge in [0.2, 0.25) is 0 Å². The molecule has 4 rings (SSSR count). The van der Waals surface area contributed by atoms with Crippen molar-refractivity contribution in [3.05, 3.63) is 78.9 Å². The summed E-state index contributed by atoms with van der Waals surface area (Å²) in [7, 11) is -2.07. The fourth-order valence-electron chi connectivity index (χ4n) is 5.44. The third-order valence-corrected chi connectivity index (χ3v) is 12.9. The first-order chi connectivity index (χ1) is 14.8. The second-order valence-electron chi connectivity index (χ2n) is 9.68. The van der Waals surface area contributed by atoms with E-state index in [1.165, 1.54) is 32.7 Å². The maximum Gasteiger partial charge on any atom is 0.258 e. The summed E-state index contributed by atoms with van der Waals surface area (Å²) >= 11 is 0. The maximum absolute atomic E-state index is 7.23. The van der Waals surface area contributed by atoms with Crippen LogP contribution in [0.25, 0.3) is 32.7 Å². The van der Waals surface area contributed by atoms with E-state index in [2.05, 4.69) is 120 Å². The highest BCUT2D eigenvalue weighted by Gasteiger charge is 2.47. The molecule has 0 N–H and O–H groups in total. The molecule has 0 unspecified atom stereocenters. The van der Waals surface area contributed by atoms with E-state index in [9.17, 15) is 0 Å². The van der Waals surface area contributed by atoms with Crippen LogP contribution in [0.3, 0.4) is 0 Å². The summed E-state index contributed by atoms with van der Waals surface area (Å²) in [4.78, 5) is 0. The minimum Gasteiger partial charge on any atom is -0.542 e. The standard InChI is InChI=1S/C29H34OSi/c1-20(2)31(21(3)4,22(5)6)30-29-19-27-17-25-15-11-10-14-24(25)16-26(27)18-28(29)23-12-8-7-9-13-23/h7-22H,1-6H3. The van der Waals surface area contributed by atoms with E-state index in [1.54, 1.807) is 0 Å². The summed E-state index contributed by atoms with van der Waals surface area (Å²) in [6, 6.07) is 28.5. The molecule has 4 aromatic rings. The molecule has 0 radical (unpaired) electrons. The molecule has 1 nitrogen and oxygen atoms in total. The monoisotopic (exact) mass is 426 g/mol. The molecular formula is C29H34OSi. The summed E-state index contributed by atoms with van der Waals surface area (Å²) in [5.41, 5.74) is 4.00. The Hall–Kier alpha value is -2.58. The number of hydrogen-bond acceptors (Lipinski definition) is 1. The molecule has 0 bridgehead atoms. The van der Waals surface area contributed by atoms with Crippen molar-refractivity contribution in [3.8, 4) is 16.9 Å². The second-order valence-corrected chi connectivity index (χ2v) is 15.1. The molecule has 0 spiro atoms. The smallest absolute Gasteiger partial charge is 0.258 e. The van der Waals surface area contributed by atoms with Gasteiger partial charge in [-0.1, -0.05) is 96.1 Å². The van der Waals surface area contributed by atoms with Gasteiger partial charge in [-0.15, -0.1) is 0 Å². The van der Waals surface area contributed by atoms with Crippen molar-refractivity contribution in [3.63, 3.8) is 0 Å². The number of hydrogen-bond donors (Lipinski definition) is 0. The fourth-order valence-corrected chi connectivity index (χ4v) is 10.7.